The summed E-state index contributed by atoms with van der Waals surface area (Å²) in [6.45, 7) is 4.38. The smallest absolute Gasteiger partial charge is 0.193 e. The van der Waals surface area contributed by atoms with E-state index in [2.05, 4.69) is 32.0 Å². The Bertz CT molecular complexity index is 847. The van der Waals surface area contributed by atoms with Gasteiger partial charge in [0.2, 0.25) is 0 Å². The number of hydrogen-bond donors (Lipinski definition) is 0. The van der Waals surface area contributed by atoms with Gasteiger partial charge in [-0.3, -0.25) is 4.79 Å². The van der Waals surface area contributed by atoms with Gasteiger partial charge in [-0.1, -0.05) is 87.4 Å². The summed E-state index contributed by atoms with van der Waals surface area (Å²) in [5.74, 6) is 0.146. The largest absolute Gasteiger partial charge is 0.289 e. The van der Waals surface area contributed by atoms with Crippen LogP contribution >= 0.6 is 0 Å². The minimum atomic E-state index is 0.146. The zero-order valence-corrected chi connectivity index (χ0v) is 14.5. The number of benzene rings is 3. The number of rotatable bonds is 6. The van der Waals surface area contributed by atoms with E-state index in [4.69, 9.17) is 0 Å². The lowest BCUT2D eigenvalue weighted by atomic mass is 9.86. The maximum absolute atomic E-state index is 13.3. The zero-order valence-electron chi connectivity index (χ0n) is 14.5. The van der Waals surface area contributed by atoms with Gasteiger partial charge in [-0.05, 0) is 34.7 Å². The van der Waals surface area contributed by atoms with Gasteiger partial charge in [0.1, 0.15) is 0 Å². The Morgan fingerprint density at radius 3 is 2.21 bits per heavy atom. The second-order valence-electron chi connectivity index (χ2n) is 6.31. The van der Waals surface area contributed by atoms with Crippen molar-refractivity contribution in [2.45, 2.75) is 39.5 Å². The number of carbonyl (C=O) groups excluding carboxylic acids is 1. The highest BCUT2D eigenvalue weighted by atomic mass is 16.1. The predicted molar refractivity (Wildman–Crippen MR) is 102 cm³/mol. The predicted octanol–water partition coefficient (Wildman–Crippen LogP) is 5.98. The molecule has 0 fully saturated rings. The second kappa shape index (κ2) is 7.44. The Morgan fingerprint density at radius 1 is 0.833 bits per heavy atom. The van der Waals surface area contributed by atoms with Crippen LogP contribution in [0.3, 0.4) is 0 Å². The molecule has 0 saturated carbocycles. The lowest BCUT2D eigenvalue weighted by Crippen LogP contribution is -2.09. The van der Waals surface area contributed by atoms with Crippen molar-refractivity contribution >= 4 is 16.6 Å². The van der Waals surface area contributed by atoms with Gasteiger partial charge < -0.3 is 0 Å². The normalized spacial score (nSPS) is 10.9. The van der Waals surface area contributed by atoms with Gasteiger partial charge in [0.05, 0.1) is 0 Å². The Labute approximate surface area is 144 Å². The molecule has 3 rings (SSSR count). The Kier molecular flexibility index (Phi) is 5.10. The molecule has 0 aromatic heterocycles. The van der Waals surface area contributed by atoms with Gasteiger partial charge in [0.25, 0.3) is 0 Å². The summed E-state index contributed by atoms with van der Waals surface area (Å²) in [7, 11) is 0. The van der Waals surface area contributed by atoms with E-state index in [0.29, 0.717) is 0 Å². The summed E-state index contributed by atoms with van der Waals surface area (Å²) in [5.41, 5.74) is 4.25. The average molecular weight is 316 g/mol. The third-order valence-electron chi connectivity index (χ3n) is 4.53. The van der Waals surface area contributed by atoms with Crippen LogP contribution in [0.4, 0.5) is 0 Å². The first-order valence-corrected chi connectivity index (χ1v) is 8.89. The molecule has 0 unspecified atom stereocenters. The highest BCUT2D eigenvalue weighted by Crippen LogP contribution is 2.30. The first-order valence-electron chi connectivity index (χ1n) is 8.89. The maximum Gasteiger partial charge on any atom is 0.193 e. The molecule has 3 aromatic carbocycles. The quantitative estimate of drug-likeness (QED) is 0.512. The van der Waals surface area contributed by atoms with Crippen molar-refractivity contribution in [3.63, 3.8) is 0 Å². The summed E-state index contributed by atoms with van der Waals surface area (Å²) >= 11 is 0. The van der Waals surface area contributed by atoms with Crippen LogP contribution in [0.5, 0.6) is 0 Å². The fourth-order valence-electron chi connectivity index (χ4n) is 3.47. The van der Waals surface area contributed by atoms with E-state index in [0.717, 1.165) is 42.2 Å². The minimum absolute atomic E-state index is 0.146. The third-order valence-corrected chi connectivity index (χ3v) is 4.53. The molecule has 1 heteroatoms. The van der Waals surface area contributed by atoms with Crippen LogP contribution in [0.25, 0.3) is 10.8 Å². The highest BCUT2D eigenvalue weighted by molar-refractivity contribution is 6.17. The first-order chi connectivity index (χ1) is 11.8. The summed E-state index contributed by atoms with van der Waals surface area (Å²) in [4.78, 5) is 13.3. The zero-order chi connectivity index (χ0) is 16.9. The fraction of sp³-hybridized carbons (Fsp3) is 0.261. The molecule has 0 radical (unpaired) electrons. The standard InChI is InChI=1S/C23H24O/c1-3-10-18-16-19-14-8-9-15-21(19)22(20(18)11-4-2)23(24)17-12-6-5-7-13-17/h5-9,12-16H,3-4,10-11H2,1-2H3. The van der Waals surface area contributed by atoms with E-state index in [1.165, 1.54) is 16.5 Å². The molecule has 0 N–H and O–H groups in total. The van der Waals surface area contributed by atoms with E-state index >= 15 is 0 Å². The number of ketones is 1. The molecule has 0 bridgehead atoms. The molecular weight excluding hydrogens is 292 g/mol. The van der Waals surface area contributed by atoms with Crippen molar-refractivity contribution < 1.29 is 4.79 Å². The molecule has 0 saturated heterocycles. The molecule has 0 heterocycles. The Morgan fingerprint density at radius 2 is 1.50 bits per heavy atom. The Hall–Kier alpha value is -2.41. The summed E-state index contributed by atoms with van der Waals surface area (Å²) in [6, 6.07) is 20.2. The van der Waals surface area contributed by atoms with Crippen LogP contribution in [0.15, 0.2) is 60.7 Å². The number of fused-ring (bicyclic) bond motifs is 1. The lowest BCUT2D eigenvalue weighted by molar-refractivity contribution is 0.103. The van der Waals surface area contributed by atoms with Crippen molar-refractivity contribution in [1.82, 2.24) is 0 Å². The highest BCUT2D eigenvalue weighted by Gasteiger charge is 2.19. The summed E-state index contributed by atoms with van der Waals surface area (Å²) in [6.07, 6.45) is 4.11. The van der Waals surface area contributed by atoms with Crippen molar-refractivity contribution in [3.8, 4) is 0 Å². The van der Waals surface area contributed by atoms with Gasteiger partial charge in [0, 0.05) is 11.1 Å². The molecule has 24 heavy (non-hydrogen) atoms. The van der Waals surface area contributed by atoms with Crippen LogP contribution in [0.2, 0.25) is 0 Å². The van der Waals surface area contributed by atoms with Crippen LogP contribution < -0.4 is 0 Å². The second-order valence-corrected chi connectivity index (χ2v) is 6.31. The van der Waals surface area contributed by atoms with Gasteiger partial charge >= 0.3 is 0 Å². The fourth-order valence-corrected chi connectivity index (χ4v) is 3.47. The maximum atomic E-state index is 13.3. The summed E-state index contributed by atoms with van der Waals surface area (Å²) < 4.78 is 0. The lowest BCUT2D eigenvalue weighted by Gasteiger charge is -2.17. The molecule has 1 nitrogen and oxygen atoms in total. The number of carbonyl (C=O) groups is 1. The SMILES string of the molecule is CCCc1cc2ccccc2c(C(=O)c2ccccc2)c1CCC. The van der Waals surface area contributed by atoms with Crippen LogP contribution in [0.1, 0.15) is 53.7 Å². The van der Waals surface area contributed by atoms with Gasteiger partial charge in [0.15, 0.2) is 5.78 Å². The molecule has 0 aliphatic heterocycles. The molecule has 0 spiro atoms. The average Bonchev–Trinajstić information content (AvgIpc) is 2.63. The van der Waals surface area contributed by atoms with Crippen molar-refractivity contribution in [1.29, 1.82) is 0 Å². The van der Waals surface area contributed by atoms with E-state index in [9.17, 15) is 4.79 Å². The van der Waals surface area contributed by atoms with Crippen molar-refractivity contribution in [3.05, 3.63) is 82.9 Å². The third kappa shape index (κ3) is 3.12. The topological polar surface area (TPSA) is 17.1 Å². The van der Waals surface area contributed by atoms with E-state index < -0.39 is 0 Å². The summed E-state index contributed by atoms with van der Waals surface area (Å²) in [5, 5.41) is 2.25. The molecule has 122 valence electrons. The first kappa shape index (κ1) is 16.4. The van der Waals surface area contributed by atoms with Crippen LogP contribution in [0, 0.1) is 0 Å². The van der Waals surface area contributed by atoms with E-state index in [1.54, 1.807) is 0 Å². The molecule has 3 aromatic rings. The molecule has 0 aliphatic carbocycles. The number of hydrogen-bond acceptors (Lipinski definition) is 1. The van der Waals surface area contributed by atoms with Gasteiger partial charge in [-0.25, -0.2) is 0 Å². The monoisotopic (exact) mass is 316 g/mol. The molecule has 0 amide bonds. The van der Waals surface area contributed by atoms with Crippen LogP contribution in [-0.4, -0.2) is 5.78 Å². The minimum Gasteiger partial charge on any atom is -0.289 e. The van der Waals surface area contributed by atoms with Crippen LogP contribution in [-0.2, 0) is 12.8 Å². The van der Waals surface area contributed by atoms with E-state index in [-0.39, 0.29) is 5.78 Å². The number of aryl methyl sites for hydroxylation is 1. The van der Waals surface area contributed by atoms with E-state index in [1.807, 2.05) is 42.5 Å². The molecule has 0 atom stereocenters. The molecule has 0 aliphatic rings. The molecular formula is C23H24O. The Balaban J connectivity index is 2.29. The van der Waals surface area contributed by atoms with Crippen molar-refractivity contribution in [2.75, 3.05) is 0 Å². The van der Waals surface area contributed by atoms with Gasteiger partial charge in [-0.15, -0.1) is 0 Å². The van der Waals surface area contributed by atoms with Crippen molar-refractivity contribution in [2.24, 2.45) is 0 Å². The van der Waals surface area contributed by atoms with Gasteiger partial charge in [-0.2, -0.15) is 0 Å².